The number of ether oxygens (including phenoxy) is 1. The fraction of sp³-hybridized carbons (Fsp3) is 0.333. The van der Waals surface area contributed by atoms with Crippen LogP contribution in [0, 0.1) is 0 Å². The molecule has 2 rings (SSSR count). The first kappa shape index (κ1) is 14.3. The summed E-state index contributed by atoms with van der Waals surface area (Å²) < 4.78 is 4.35. The maximum absolute atomic E-state index is 10.8. The third-order valence-electron chi connectivity index (χ3n) is 2.19. The maximum Gasteiger partial charge on any atom is 0.346 e. The SMILES string of the molecule is NCCNCCN.O=C1OC(=O)c2ccccc21. The number of nitrogens with one attached hydrogen (secondary N) is 1. The Hall–Kier alpha value is -1.76. The fourth-order valence-electron chi connectivity index (χ4n) is 1.36. The zero-order valence-electron chi connectivity index (χ0n) is 10.0. The minimum atomic E-state index is -0.550. The maximum atomic E-state index is 10.8. The number of benzene rings is 1. The lowest BCUT2D eigenvalue weighted by molar-refractivity contribution is 0.0444. The molecule has 1 aromatic rings. The predicted molar refractivity (Wildman–Crippen MR) is 67.2 cm³/mol. The largest absolute Gasteiger partial charge is 0.386 e. The summed E-state index contributed by atoms with van der Waals surface area (Å²) in [5.74, 6) is -1.10. The topological polar surface area (TPSA) is 107 Å². The summed E-state index contributed by atoms with van der Waals surface area (Å²) in [5.41, 5.74) is 11.0. The molecule has 6 heteroatoms. The number of nitrogens with two attached hydrogens (primary N) is 2. The van der Waals surface area contributed by atoms with Crippen LogP contribution in [0.3, 0.4) is 0 Å². The van der Waals surface area contributed by atoms with E-state index in [1.165, 1.54) is 0 Å². The van der Waals surface area contributed by atoms with Crippen molar-refractivity contribution in [2.45, 2.75) is 0 Å². The zero-order valence-corrected chi connectivity index (χ0v) is 10.0. The molecule has 6 nitrogen and oxygen atoms in total. The minimum Gasteiger partial charge on any atom is -0.386 e. The number of carbonyl (C=O) groups is 2. The molecule has 98 valence electrons. The van der Waals surface area contributed by atoms with Crippen molar-refractivity contribution in [2.24, 2.45) is 11.5 Å². The van der Waals surface area contributed by atoms with E-state index in [9.17, 15) is 9.59 Å². The molecule has 0 aromatic heterocycles. The minimum absolute atomic E-state index is 0.359. The van der Waals surface area contributed by atoms with Gasteiger partial charge in [0.25, 0.3) is 0 Å². The van der Waals surface area contributed by atoms with Crippen molar-refractivity contribution >= 4 is 11.9 Å². The van der Waals surface area contributed by atoms with Crippen molar-refractivity contribution in [1.82, 2.24) is 5.32 Å². The van der Waals surface area contributed by atoms with E-state index in [1.807, 2.05) is 0 Å². The molecule has 0 aliphatic carbocycles. The summed E-state index contributed by atoms with van der Waals surface area (Å²) >= 11 is 0. The van der Waals surface area contributed by atoms with Crippen LogP contribution in [-0.2, 0) is 4.74 Å². The predicted octanol–water partition coefficient (Wildman–Crippen LogP) is -0.509. The molecule has 0 bridgehead atoms. The van der Waals surface area contributed by atoms with Gasteiger partial charge >= 0.3 is 11.9 Å². The molecule has 1 aliphatic rings. The Bertz CT molecular complexity index is 384. The van der Waals surface area contributed by atoms with Crippen LogP contribution < -0.4 is 16.8 Å². The molecule has 0 spiro atoms. The second-order valence-corrected chi connectivity index (χ2v) is 3.55. The highest BCUT2D eigenvalue weighted by atomic mass is 16.6. The first-order valence-corrected chi connectivity index (χ1v) is 5.67. The van der Waals surface area contributed by atoms with Gasteiger partial charge in [0, 0.05) is 26.2 Å². The number of hydrogen-bond acceptors (Lipinski definition) is 6. The van der Waals surface area contributed by atoms with Crippen LogP contribution in [0.25, 0.3) is 0 Å². The lowest BCUT2D eigenvalue weighted by Gasteiger charge is -1.95. The Morgan fingerprint density at radius 3 is 1.78 bits per heavy atom. The van der Waals surface area contributed by atoms with Crippen molar-refractivity contribution < 1.29 is 14.3 Å². The number of rotatable bonds is 4. The Balaban J connectivity index is 0.000000203. The smallest absolute Gasteiger partial charge is 0.346 e. The van der Waals surface area contributed by atoms with E-state index in [1.54, 1.807) is 24.3 Å². The van der Waals surface area contributed by atoms with E-state index in [2.05, 4.69) is 10.1 Å². The quantitative estimate of drug-likeness (QED) is 0.378. The van der Waals surface area contributed by atoms with E-state index in [4.69, 9.17) is 11.5 Å². The van der Waals surface area contributed by atoms with Gasteiger partial charge in [-0.2, -0.15) is 0 Å². The van der Waals surface area contributed by atoms with Gasteiger partial charge in [-0.1, -0.05) is 12.1 Å². The highest BCUT2D eigenvalue weighted by Crippen LogP contribution is 2.18. The average molecular weight is 251 g/mol. The molecule has 5 N–H and O–H groups in total. The van der Waals surface area contributed by atoms with Crippen molar-refractivity contribution in [3.63, 3.8) is 0 Å². The van der Waals surface area contributed by atoms with Crippen molar-refractivity contribution in [3.05, 3.63) is 35.4 Å². The monoisotopic (exact) mass is 251 g/mol. The number of esters is 2. The van der Waals surface area contributed by atoms with Crippen LogP contribution in [0.4, 0.5) is 0 Å². The number of carbonyl (C=O) groups excluding carboxylic acids is 2. The molecule has 0 fully saturated rings. The van der Waals surface area contributed by atoms with E-state index >= 15 is 0 Å². The van der Waals surface area contributed by atoms with Gasteiger partial charge in [-0.25, -0.2) is 9.59 Å². The Labute approximate surface area is 105 Å². The van der Waals surface area contributed by atoms with Gasteiger partial charge in [0.1, 0.15) is 0 Å². The van der Waals surface area contributed by atoms with E-state index < -0.39 is 11.9 Å². The van der Waals surface area contributed by atoms with Gasteiger partial charge in [0.05, 0.1) is 11.1 Å². The normalized spacial score (nSPS) is 12.6. The highest BCUT2D eigenvalue weighted by Gasteiger charge is 2.28. The number of cyclic esters (lactones) is 2. The number of fused-ring (bicyclic) bond motifs is 1. The molecule has 0 unspecified atom stereocenters. The summed E-state index contributed by atoms with van der Waals surface area (Å²) in [7, 11) is 0. The second kappa shape index (κ2) is 7.54. The van der Waals surface area contributed by atoms with Gasteiger partial charge in [-0.05, 0) is 12.1 Å². The van der Waals surface area contributed by atoms with E-state index in [0.29, 0.717) is 24.2 Å². The molecule has 0 radical (unpaired) electrons. The second-order valence-electron chi connectivity index (χ2n) is 3.55. The molecule has 18 heavy (non-hydrogen) atoms. The molecule has 0 saturated carbocycles. The van der Waals surface area contributed by atoms with Crippen LogP contribution in [0.1, 0.15) is 20.7 Å². The Kier molecular flexibility index (Phi) is 5.99. The lowest BCUT2D eigenvalue weighted by atomic mass is 10.1. The Morgan fingerprint density at radius 1 is 0.944 bits per heavy atom. The third-order valence-corrected chi connectivity index (χ3v) is 2.19. The van der Waals surface area contributed by atoms with Crippen LogP contribution in [0.2, 0.25) is 0 Å². The number of hydrogen-bond donors (Lipinski definition) is 3. The highest BCUT2D eigenvalue weighted by molar-refractivity contribution is 6.14. The molecule has 0 saturated heterocycles. The lowest BCUT2D eigenvalue weighted by Crippen LogP contribution is -2.27. The Morgan fingerprint density at radius 2 is 1.39 bits per heavy atom. The van der Waals surface area contributed by atoms with Gasteiger partial charge in [-0.3, -0.25) is 0 Å². The summed E-state index contributed by atoms with van der Waals surface area (Å²) in [4.78, 5) is 21.7. The molecule has 1 aliphatic heterocycles. The summed E-state index contributed by atoms with van der Waals surface area (Å²) in [6, 6.07) is 6.53. The molecule has 1 aromatic carbocycles. The molecule has 0 atom stereocenters. The summed E-state index contributed by atoms with van der Waals surface area (Å²) in [5, 5.41) is 3.03. The summed E-state index contributed by atoms with van der Waals surface area (Å²) in [6.45, 7) is 3.13. The van der Waals surface area contributed by atoms with Crippen molar-refractivity contribution in [3.8, 4) is 0 Å². The average Bonchev–Trinajstić information content (AvgIpc) is 2.67. The van der Waals surface area contributed by atoms with Crippen LogP contribution >= 0.6 is 0 Å². The van der Waals surface area contributed by atoms with Crippen molar-refractivity contribution in [2.75, 3.05) is 26.2 Å². The third kappa shape index (κ3) is 3.92. The van der Waals surface area contributed by atoms with Gasteiger partial charge < -0.3 is 21.5 Å². The first-order valence-electron chi connectivity index (χ1n) is 5.67. The van der Waals surface area contributed by atoms with Gasteiger partial charge in [-0.15, -0.1) is 0 Å². The molecule has 1 heterocycles. The first-order chi connectivity index (χ1) is 8.70. The molecule has 0 amide bonds. The van der Waals surface area contributed by atoms with Crippen molar-refractivity contribution in [1.29, 1.82) is 0 Å². The van der Waals surface area contributed by atoms with E-state index in [-0.39, 0.29) is 0 Å². The molecular weight excluding hydrogens is 234 g/mol. The van der Waals surface area contributed by atoms with Crippen LogP contribution in [0.15, 0.2) is 24.3 Å². The zero-order chi connectivity index (χ0) is 13.4. The fourth-order valence-corrected chi connectivity index (χ4v) is 1.36. The van der Waals surface area contributed by atoms with Crippen LogP contribution in [0.5, 0.6) is 0 Å². The van der Waals surface area contributed by atoms with E-state index in [0.717, 1.165) is 13.1 Å². The molecular formula is C12H17N3O3. The summed E-state index contributed by atoms with van der Waals surface area (Å²) in [6.07, 6.45) is 0. The standard InChI is InChI=1S/C8H4O3.C4H13N3/c9-7-5-3-1-2-4-6(5)8(10)11-7;5-1-3-7-4-2-6/h1-4H;7H,1-6H2. The van der Waals surface area contributed by atoms with Gasteiger partial charge in [0.15, 0.2) is 0 Å². The van der Waals surface area contributed by atoms with Gasteiger partial charge in [0.2, 0.25) is 0 Å². The van der Waals surface area contributed by atoms with Crippen LogP contribution in [-0.4, -0.2) is 38.1 Å².